The average Bonchev–Trinajstić information content (AvgIpc) is 4.03. The number of hydrogen-bond acceptors (Lipinski definition) is 3. The summed E-state index contributed by atoms with van der Waals surface area (Å²) in [5.74, 6) is 0. The Morgan fingerprint density at radius 1 is 0.411 bits per heavy atom. The van der Waals surface area contributed by atoms with Crippen molar-refractivity contribution in [3.8, 4) is 39.6 Å². The van der Waals surface area contributed by atoms with Gasteiger partial charge in [0.1, 0.15) is 11.4 Å². The van der Waals surface area contributed by atoms with E-state index < -0.39 is 0 Å². The van der Waals surface area contributed by atoms with Crippen LogP contribution in [0.2, 0.25) is 0 Å². The van der Waals surface area contributed by atoms with Gasteiger partial charge in [0.05, 0.1) is 39.1 Å². The third kappa shape index (κ3) is 4.48. The van der Waals surface area contributed by atoms with Crippen molar-refractivity contribution in [3.05, 3.63) is 188 Å². The lowest BCUT2D eigenvalue weighted by atomic mass is 10.0. The van der Waals surface area contributed by atoms with Gasteiger partial charge in [-0.15, -0.1) is 16.4 Å². The van der Waals surface area contributed by atoms with Crippen LogP contribution in [-0.4, -0.2) is 24.1 Å². The number of fused-ring (bicyclic) bond motifs is 10. The van der Waals surface area contributed by atoms with Gasteiger partial charge in [-0.1, -0.05) is 139 Å². The van der Waals surface area contributed by atoms with E-state index in [0.717, 1.165) is 56.0 Å². The van der Waals surface area contributed by atoms with Crippen molar-refractivity contribution >= 4 is 75.1 Å². The van der Waals surface area contributed by atoms with E-state index in [1.165, 1.54) is 47.4 Å². The van der Waals surface area contributed by atoms with E-state index in [-0.39, 0.29) is 0 Å². The lowest BCUT2D eigenvalue weighted by Crippen LogP contribution is -2.03. The van der Waals surface area contributed by atoms with Crippen LogP contribution in [0.1, 0.15) is 0 Å². The number of aromatic nitrogens is 5. The molecule has 0 atom stereocenters. The molecular weight excluding hydrogens is 703 g/mol. The van der Waals surface area contributed by atoms with Gasteiger partial charge in [-0.05, 0) is 54.6 Å². The Kier molecular flexibility index (Phi) is 6.73. The van der Waals surface area contributed by atoms with E-state index in [1.807, 2.05) is 40.3 Å². The fourth-order valence-corrected chi connectivity index (χ4v) is 10.1. The van der Waals surface area contributed by atoms with E-state index in [0.29, 0.717) is 0 Å². The lowest BCUT2D eigenvalue weighted by molar-refractivity contribution is 0.809. The van der Waals surface area contributed by atoms with Gasteiger partial charge in [0.15, 0.2) is 0 Å². The zero-order valence-corrected chi connectivity index (χ0v) is 30.9. The van der Waals surface area contributed by atoms with Crippen LogP contribution >= 0.6 is 11.3 Å². The van der Waals surface area contributed by atoms with Gasteiger partial charge in [0, 0.05) is 52.8 Å². The number of thiophene rings is 1. The van der Waals surface area contributed by atoms with Gasteiger partial charge in [0.25, 0.3) is 0 Å². The second-order valence-electron chi connectivity index (χ2n) is 14.3. The quantitative estimate of drug-likeness (QED) is 0.177. The number of para-hydroxylation sites is 4. The number of rotatable bonds is 5. The zero-order valence-electron chi connectivity index (χ0n) is 30.0. The molecule has 0 saturated carbocycles. The van der Waals surface area contributed by atoms with Crippen LogP contribution in [0.3, 0.4) is 0 Å². The molecule has 0 aliphatic carbocycles. The molecule has 0 saturated heterocycles. The fraction of sp³-hybridized carbons (Fsp3) is 0. The van der Waals surface area contributed by atoms with Crippen LogP contribution in [0, 0.1) is 0 Å². The molecule has 12 aromatic rings. The summed E-state index contributed by atoms with van der Waals surface area (Å²) in [5.41, 5.74) is 11.8. The number of hydrogen-bond donors (Lipinski definition) is 0. The molecule has 12 rings (SSSR count). The van der Waals surface area contributed by atoms with Gasteiger partial charge in [-0.3, -0.25) is 0 Å². The van der Waals surface area contributed by atoms with Crippen molar-refractivity contribution in [2.45, 2.75) is 0 Å². The second-order valence-corrected chi connectivity index (χ2v) is 15.3. The Morgan fingerprint density at radius 2 is 0.982 bits per heavy atom. The Hall–Kier alpha value is -7.28. The minimum Gasteiger partial charge on any atom is -0.307 e. The van der Waals surface area contributed by atoms with Gasteiger partial charge >= 0.3 is 0 Å². The summed E-state index contributed by atoms with van der Waals surface area (Å²) in [6, 6.07) is 67.2. The molecule has 0 aliphatic rings. The molecule has 5 nitrogen and oxygen atoms in total. The Labute approximate surface area is 325 Å². The maximum absolute atomic E-state index is 4.79. The van der Waals surface area contributed by atoms with E-state index >= 15 is 0 Å². The van der Waals surface area contributed by atoms with Gasteiger partial charge in [-0.2, -0.15) is 0 Å². The highest BCUT2D eigenvalue weighted by Crippen LogP contribution is 2.45. The van der Waals surface area contributed by atoms with Crippen LogP contribution < -0.4 is 0 Å². The first-order valence-corrected chi connectivity index (χ1v) is 19.7. The fourth-order valence-electron chi connectivity index (χ4n) is 8.80. The van der Waals surface area contributed by atoms with Crippen molar-refractivity contribution < 1.29 is 0 Å². The summed E-state index contributed by atoms with van der Waals surface area (Å²) in [6.45, 7) is 0. The minimum absolute atomic E-state index is 0.854. The molecule has 0 bridgehead atoms. The first-order valence-electron chi connectivity index (χ1n) is 18.9. The van der Waals surface area contributed by atoms with Gasteiger partial charge in [0.2, 0.25) is 0 Å². The van der Waals surface area contributed by atoms with E-state index in [1.54, 1.807) is 0 Å². The smallest absolute Gasteiger partial charge is 0.121 e. The van der Waals surface area contributed by atoms with Crippen molar-refractivity contribution in [2.75, 3.05) is 0 Å². The Morgan fingerprint density at radius 3 is 1.75 bits per heavy atom. The molecule has 0 fully saturated rings. The predicted molar refractivity (Wildman–Crippen MR) is 234 cm³/mol. The Balaban J connectivity index is 1.10. The third-order valence-corrected chi connectivity index (χ3v) is 12.4. The largest absolute Gasteiger partial charge is 0.307 e. The first-order chi connectivity index (χ1) is 27.8. The highest BCUT2D eigenvalue weighted by molar-refractivity contribution is 7.26. The van der Waals surface area contributed by atoms with E-state index in [2.05, 4.69) is 173 Å². The Bertz CT molecular complexity index is 3480. The normalized spacial score (nSPS) is 11.9. The van der Waals surface area contributed by atoms with Crippen LogP contribution in [0.25, 0.3) is 103 Å². The summed E-state index contributed by atoms with van der Waals surface area (Å²) in [4.78, 5) is 0. The van der Waals surface area contributed by atoms with Crippen molar-refractivity contribution in [1.29, 1.82) is 0 Å². The van der Waals surface area contributed by atoms with Crippen LogP contribution in [0.5, 0.6) is 0 Å². The molecule has 8 aromatic carbocycles. The molecule has 56 heavy (non-hydrogen) atoms. The summed E-state index contributed by atoms with van der Waals surface area (Å²) in [7, 11) is 0. The predicted octanol–water partition coefficient (Wildman–Crippen LogP) is 13.2. The van der Waals surface area contributed by atoms with Crippen molar-refractivity contribution in [3.63, 3.8) is 0 Å². The second kappa shape index (κ2) is 12.1. The highest BCUT2D eigenvalue weighted by Gasteiger charge is 2.23. The molecular formula is C50H31N5S. The third-order valence-electron chi connectivity index (χ3n) is 11.2. The van der Waals surface area contributed by atoms with Crippen molar-refractivity contribution in [1.82, 2.24) is 24.1 Å². The molecule has 4 heterocycles. The summed E-state index contributed by atoms with van der Waals surface area (Å²) in [6.07, 6.45) is 0. The molecule has 0 aliphatic heterocycles. The van der Waals surface area contributed by atoms with E-state index in [9.17, 15) is 0 Å². The molecule has 4 aromatic heterocycles. The molecule has 0 unspecified atom stereocenters. The maximum atomic E-state index is 4.79. The lowest BCUT2D eigenvalue weighted by Gasteiger charge is -2.16. The number of benzene rings is 8. The molecule has 0 N–H and O–H groups in total. The summed E-state index contributed by atoms with van der Waals surface area (Å²) < 4.78 is 9.53. The minimum atomic E-state index is 0.854. The highest BCUT2D eigenvalue weighted by atomic mass is 32.1. The van der Waals surface area contributed by atoms with E-state index in [4.69, 9.17) is 10.3 Å². The van der Waals surface area contributed by atoms with Crippen LogP contribution in [0.4, 0.5) is 0 Å². The molecule has 6 heteroatoms. The maximum Gasteiger partial charge on any atom is 0.121 e. The average molecular weight is 734 g/mol. The van der Waals surface area contributed by atoms with Crippen LogP contribution in [0.15, 0.2) is 188 Å². The zero-order chi connectivity index (χ0) is 36.7. The monoisotopic (exact) mass is 733 g/mol. The summed E-state index contributed by atoms with van der Waals surface area (Å²) in [5, 5.41) is 17.1. The van der Waals surface area contributed by atoms with Crippen LogP contribution in [-0.2, 0) is 0 Å². The number of nitrogens with zero attached hydrogens (tertiary/aromatic N) is 5. The van der Waals surface area contributed by atoms with Crippen molar-refractivity contribution in [2.24, 2.45) is 0 Å². The topological polar surface area (TPSA) is 40.6 Å². The summed E-state index contributed by atoms with van der Waals surface area (Å²) >= 11 is 1.89. The molecule has 0 amide bonds. The van der Waals surface area contributed by atoms with Gasteiger partial charge in [-0.25, -0.2) is 4.68 Å². The SMILES string of the molecule is c1ccc(-c2nnn(-c3ccc4c(c3)c3ccccc3n4-c3ccccc3-n3c4ccccc4c4c5sc6ccccc6c5ccc43)c2-c2ccccc2)cc1. The molecule has 262 valence electrons. The molecule has 0 radical (unpaired) electrons. The molecule has 0 spiro atoms. The standard InChI is InChI=1S/C50H31N5S/c1-3-15-32(16-4-1)48-49(33-17-5-2-6-18-33)55(52-51-48)34-27-29-42-39(31-34)35-19-7-10-22-40(35)53(42)43-24-12-13-25-44(43)54-41-23-11-8-21-38(41)47-45(54)30-28-37-36-20-9-14-26-46(36)56-50(37)47/h1-31H. The van der Waals surface area contributed by atoms with Gasteiger partial charge < -0.3 is 9.13 Å². The first kappa shape index (κ1) is 31.1.